The van der Waals surface area contributed by atoms with Crippen LogP contribution in [0.4, 0.5) is 5.69 Å². The van der Waals surface area contributed by atoms with Crippen LogP contribution in [0.3, 0.4) is 0 Å². The van der Waals surface area contributed by atoms with Gasteiger partial charge < -0.3 is 5.73 Å². The standard InChI is InChI=1S/C11H9N5O3/c12-10(13)8-5-9(14-15-11(8)17)6-1-3-7(4-2-6)16(18)19/h1-5H,(H3,12,13)(H,15,17). The van der Waals surface area contributed by atoms with Crippen LogP contribution in [0.5, 0.6) is 0 Å². The zero-order valence-electron chi connectivity index (χ0n) is 9.58. The van der Waals surface area contributed by atoms with Crippen LogP contribution < -0.4 is 11.3 Å². The Balaban J connectivity index is 2.47. The molecular formula is C11H9N5O3. The van der Waals surface area contributed by atoms with Crippen molar-refractivity contribution in [1.82, 2.24) is 10.2 Å². The van der Waals surface area contributed by atoms with E-state index in [4.69, 9.17) is 11.1 Å². The zero-order chi connectivity index (χ0) is 14.0. The van der Waals surface area contributed by atoms with Crippen LogP contribution in [0.1, 0.15) is 5.56 Å². The maximum Gasteiger partial charge on any atom is 0.275 e. The molecule has 19 heavy (non-hydrogen) atoms. The van der Waals surface area contributed by atoms with Gasteiger partial charge in [0, 0.05) is 17.7 Å². The summed E-state index contributed by atoms with van der Waals surface area (Å²) in [4.78, 5) is 21.4. The Labute approximate surface area is 106 Å². The molecule has 8 nitrogen and oxygen atoms in total. The average Bonchev–Trinajstić information content (AvgIpc) is 2.39. The third kappa shape index (κ3) is 2.46. The molecule has 0 aliphatic carbocycles. The summed E-state index contributed by atoms with van der Waals surface area (Å²) in [7, 11) is 0. The first-order valence-electron chi connectivity index (χ1n) is 5.18. The Kier molecular flexibility index (Phi) is 3.06. The van der Waals surface area contributed by atoms with E-state index in [0.29, 0.717) is 11.3 Å². The first kappa shape index (κ1) is 12.4. The highest BCUT2D eigenvalue weighted by Crippen LogP contribution is 2.19. The molecule has 0 saturated carbocycles. The molecule has 8 heteroatoms. The van der Waals surface area contributed by atoms with Gasteiger partial charge in [0.1, 0.15) is 5.84 Å². The van der Waals surface area contributed by atoms with E-state index >= 15 is 0 Å². The molecule has 1 aromatic carbocycles. The average molecular weight is 259 g/mol. The second kappa shape index (κ2) is 4.69. The number of benzene rings is 1. The second-order valence-electron chi connectivity index (χ2n) is 3.71. The number of hydrogen-bond donors (Lipinski definition) is 3. The van der Waals surface area contributed by atoms with E-state index in [-0.39, 0.29) is 17.1 Å². The summed E-state index contributed by atoms with van der Waals surface area (Å²) in [6, 6.07) is 7.03. The fourth-order valence-corrected chi connectivity index (χ4v) is 1.51. The van der Waals surface area contributed by atoms with Crippen LogP contribution in [0, 0.1) is 15.5 Å². The Bertz CT molecular complexity index is 705. The minimum Gasteiger partial charge on any atom is -0.384 e. The maximum absolute atomic E-state index is 11.4. The van der Waals surface area contributed by atoms with Crippen molar-refractivity contribution in [2.75, 3.05) is 0 Å². The van der Waals surface area contributed by atoms with E-state index in [1.54, 1.807) is 0 Å². The van der Waals surface area contributed by atoms with Crippen molar-refractivity contribution in [3.05, 3.63) is 56.4 Å². The topological polar surface area (TPSA) is 139 Å². The lowest BCUT2D eigenvalue weighted by Crippen LogP contribution is -2.24. The lowest BCUT2D eigenvalue weighted by molar-refractivity contribution is -0.384. The molecule has 2 aromatic rings. The Morgan fingerprint density at radius 1 is 1.37 bits per heavy atom. The Hall–Kier alpha value is -3.03. The van der Waals surface area contributed by atoms with Crippen LogP contribution >= 0.6 is 0 Å². The predicted octanol–water partition coefficient (Wildman–Crippen LogP) is 0.629. The largest absolute Gasteiger partial charge is 0.384 e. The quantitative estimate of drug-likeness (QED) is 0.321. The summed E-state index contributed by atoms with van der Waals surface area (Å²) in [5.74, 6) is -0.369. The number of aromatic amines is 1. The van der Waals surface area contributed by atoms with Gasteiger partial charge in [-0.25, -0.2) is 5.10 Å². The van der Waals surface area contributed by atoms with Crippen molar-refractivity contribution in [2.24, 2.45) is 5.73 Å². The highest BCUT2D eigenvalue weighted by molar-refractivity contribution is 5.95. The molecule has 0 spiro atoms. The summed E-state index contributed by atoms with van der Waals surface area (Å²) in [6.45, 7) is 0. The number of nitro benzene ring substituents is 1. The van der Waals surface area contributed by atoms with Gasteiger partial charge >= 0.3 is 0 Å². The normalized spacial score (nSPS) is 10.1. The van der Waals surface area contributed by atoms with Crippen LogP contribution in [0.2, 0.25) is 0 Å². The number of aromatic nitrogens is 2. The number of nitrogens with zero attached hydrogens (tertiary/aromatic N) is 2. The Morgan fingerprint density at radius 3 is 2.53 bits per heavy atom. The van der Waals surface area contributed by atoms with Gasteiger partial charge in [-0.2, -0.15) is 5.10 Å². The monoisotopic (exact) mass is 259 g/mol. The number of nitro groups is 1. The lowest BCUT2D eigenvalue weighted by Gasteiger charge is -2.02. The van der Waals surface area contributed by atoms with Crippen molar-refractivity contribution in [2.45, 2.75) is 0 Å². The molecule has 0 atom stereocenters. The Morgan fingerprint density at radius 2 is 2.00 bits per heavy atom. The number of hydrogen-bond acceptors (Lipinski definition) is 5. The number of nitrogen functional groups attached to an aromatic ring is 1. The van der Waals surface area contributed by atoms with Gasteiger partial charge in [-0.3, -0.25) is 20.3 Å². The van der Waals surface area contributed by atoms with Gasteiger partial charge in [0.05, 0.1) is 16.2 Å². The lowest BCUT2D eigenvalue weighted by atomic mass is 10.1. The third-order valence-corrected chi connectivity index (χ3v) is 2.47. The van der Waals surface area contributed by atoms with Crippen LogP contribution in [-0.4, -0.2) is 21.0 Å². The van der Waals surface area contributed by atoms with E-state index in [0.717, 1.165) is 0 Å². The third-order valence-electron chi connectivity index (χ3n) is 2.47. The number of rotatable bonds is 3. The number of nitrogens with two attached hydrogens (primary N) is 1. The van der Waals surface area contributed by atoms with Gasteiger partial charge in [-0.1, -0.05) is 0 Å². The van der Waals surface area contributed by atoms with Gasteiger partial charge in [0.2, 0.25) is 0 Å². The van der Waals surface area contributed by atoms with Crippen LogP contribution in [0.15, 0.2) is 35.1 Å². The van der Waals surface area contributed by atoms with E-state index in [1.165, 1.54) is 30.3 Å². The molecule has 96 valence electrons. The molecular weight excluding hydrogens is 250 g/mol. The molecule has 0 fully saturated rings. The van der Waals surface area contributed by atoms with E-state index in [2.05, 4.69) is 10.2 Å². The summed E-state index contributed by atoms with van der Waals surface area (Å²) >= 11 is 0. The van der Waals surface area contributed by atoms with Crippen molar-refractivity contribution in [3.63, 3.8) is 0 Å². The molecule has 4 N–H and O–H groups in total. The van der Waals surface area contributed by atoms with Crippen LogP contribution in [-0.2, 0) is 0 Å². The van der Waals surface area contributed by atoms with Crippen LogP contribution in [0.25, 0.3) is 11.3 Å². The number of non-ortho nitro benzene ring substituents is 1. The second-order valence-corrected chi connectivity index (χ2v) is 3.71. The molecule has 0 aliphatic rings. The summed E-state index contributed by atoms with van der Waals surface area (Å²) in [5.41, 5.74) is 5.62. The first-order valence-corrected chi connectivity index (χ1v) is 5.18. The van der Waals surface area contributed by atoms with Crippen molar-refractivity contribution >= 4 is 11.5 Å². The molecule has 0 saturated heterocycles. The predicted molar refractivity (Wildman–Crippen MR) is 68.0 cm³/mol. The number of amidine groups is 1. The van der Waals surface area contributed by atoms with E-state index in [9.17, 15) is 14.9 Å². The molecule has 0 amide bonds. The fourth-order valence-electron chi connectivity index (χ4n) is 1.51. The SMILES string of the molecule is N=C(N)c1cc(-c2ccc([N+](=O)[O-])cc2)n[nH]c1=O. The van der Waals surface area contributed by atoms with Crippen molar-refractivity contribution in [3.8, 4) is 11.3 Å². The number of nitrogens with one attached hydrogen (secondary N) is 2. The van der Waals surface area contributed by atoms with Gasteiger partial charge in [0.25, 0.3) is 11.2 Å². The zero-order valence-corrected chi connectivity index (χ0v) is 9.58. The highest BCUT2D eigenvalue weighted by atomic mass is 16.6. The molecule has 0 radical (unpaired) electrons. The molecule has 1 aromatic heterocycles. The minimum absolute atomic E-state index is 0.00310. The first-order chi connectivity index (χ1) is 8.99. The summed E-state index contributed by atoms with van der Waals surface area (Å²) < 4.78 is 0. The van der Waals surface area contributed by atoms with E-state index in [1.807, 2.05) is 0 Å². The molecule has 1 heterocycles. The highest BCUT2D eigenvalue weighted by Gasteiger charge is 2.09. The summed E-state index contributed by atoms with van der Waals surface area (Å²) in [6.07, 6.45) is 0. The number of H-pyrrole nitrogens is 1. The molecule has 2 rings (SSSR count). The van der Waals surface area contributed by atoms with Gasteiger partial charge in [-0.15, -0.1) is 0 Å². The summed E-state index contributed by atoms with van der Waals surface area (Å²) in [5, 5.41) is 23.8. The van der Waals surface area contributed by atoms with Gasteiger partial charge in [0.15, 0.2) is 0 Å². The maximum atomic E-state index is 11.4. The molecule has 0 aliphatic heterocycles. The molecule has 0 bridgehead atoms. The van der Waals surface area contributed by atoms with Crippen molar-refractivity contribution in [1.29, 1.82) is 5.41 Å². The van der Waals surface area contributed by atoms with Crippen molar-refractivity contribution < 1.29 is 4.92 Å². The molecule has 0 unspecified atom stereocenters. The minimum atomic E-state index is -0.557. The van der Waals surface area contributed by atoms with Gasteiger partial charge in [-0.05, 0) is 18.2 Å². The fraction of sp³-hybridized carbons (Fsp3) is 0. The smallest absolute Gasteiger partial charge is 0.275 e. The van der Waals surface area contributed by atoms with E-state index < -0.39 is 10.5 Å².